The lowest BCUT2D eigenvalue weighted by molar-refractivity contribution is -0.118. The molecule has 0 aliphatic carbocycles. The Morgan fingerprint density at radius 3 is 3.23 bits per heavy atom. The molecule has 0 saturated carbocycles. The first-order chi connectivity index (χ1) is 6.24. The molecule has 0 unspecified atom stereocenters. The molecule has 1 aromatic rings. The van der Waals surface area contributed by atoms with E-state index >= 15 is 0 Å². The molecule has 0 spiro atoms. The van der Waals surface area contributed by atoms with Crippen molar-refractivity contribution in [3.05, 3.63) is 16.1 Å². The molecule has 2 rings (SSSR count). The molecule has 1 saturated heterocycles. The van der Waals surface area contributed by atoms with Crippen LogP contribution in [0.4, 0.5) is 0 Å². The zero-order valence-corrected chi connectivity index (χ0v) is 8.25. The average Bonchev–Trinajstić information content (AvgIpc) is 2.62. The lowest BCUT2D eigenvalue weighted by atomic mass is 10.4. The van der Waals surface area contributed by atoms with E-state index in [1.165, 1.54) is 0 Å². The highest BCUT2D eigenvalue weighted by atomic mass is 32.1. The predicted molar refractivity (Wildman–Crippen MR) is 49.2 cm³/mol. The fourth-order valence-electron chi connectivity index (χ4n) is 1.30. The summed E-state index contributed by atoms with van der Waals surface area (Å²) in [7, 11) is 0. The first kappa shape index (κ1) is 9.08. The maximum absolute atomic E-state index is 9.20. The Hall–Kier alpha value is -0.490. The zero-order valence-electron chi connectivity index (χ0n) is 7.43. The third-order valence-electron chi connectivity index (χ3n) is 1.87. The van der Waals surface area contributed by atoms with Gasteiger partial charge in [0, 0.05) is 5.38 Å². The summed E-state index contributed by atoms with van der Waals surface area (Å²) in [5.74, 6) is 0. The van der Waals surface area contributed by atoms with Gasteiger partial charge in [-0.15, -0.1) is 11.3 Å². The van der Waals surface area contributed by atoms with Gasteiger partial charge < -0.3 is 5.11 Å². The molecule has 13 heavy (non-hydrogen) atoms. The van der Waals surface area contributed by atoms with E-state index < -0.39 is 0 Å². The second-order valence-electron chi connectivity index (χ2n) is 3.13. The van der Waals surface area contributed by atoms with E-state index in [1.54, 1.807) is 16.4 Å². The van der Waals surface area contributed by atoms with Gasteiger partial charge in [0.25, 0.3) is 0 Å². The molecule has 1 aromatic heterocycles. The van der Waals surface area contributed by atoms with E-state index in [9.17, 15) is 5.11 Å². The SMILES string of the molecule is Cc1nc(CN2C[C@H](O)CO2)cs1. The minimum Gasteiger partial charge on any atom is -0.389 e. The highest BCUT2D eigenvalue weighted by molar-refractivity contribution is 7.09. The van der Waals surface area contributed by atoms with Crippen LogP contribution < -0.4 is 0 Å². The average molecular weight is 200 g/mol. The standard InChI is InChI=1S/C8H12N2O2S/c1-6-9-7(5-13-6)2-10-3-8(11)4-12-10/h5,8,11H,2-4H2,1H3/t8-/m0/s1. The van der Waals surface area contributed by atoms with Gasteiger partial charge in [0.1, 0.15) is 0 Å². The summed E-state index contributed by atoms with van der Waals surface area (Å²) in [4.78, 5) is 9.54. The summed E-state index contributed by atoms with van der Waals surface area (Å²) < 4.78 is 0. The summed E-state index contributed by atoms with van der Waals surface area (Å²) in [5, 5.41) is 14.0. The number of aliphatic hydroxyl groups is 1. The summed E-state index contributed by atoms with van der Waals surface area (Å²) in [6.45, 7) is 3.63. The van der Waals surface area contributed by atoms with Gasteiger partial charge in [0.05, 0.1) is 36.5 Å². The molecule has 0 amide bonds. The number of aliphatic hydroxyl groups excluding tert-OH is 1. The summed E-state index contributed by atoms with van der Waals surface area (Å²) in [6, 6.07) is 0. The van der Waals surface area contributed by atoms with Crippen LogP contribution in [0.15, 0.2) is 5.38 Å². The molecule has 5 heteroatoms. The first-order valence-electron chi connectivity index (χ1n) is 4.21. The van der Waals surface area contributed by atoms with Crippen molar-refractivity contribution >= 4 is 11.3 Å². The third-order valence-corrected chi connectivity index (χ3v) is 2.69. The van der Waals surface area contributed by atoms with Crippen molar-refractivity contribution in [3.63, 3.8) is 0 Å². The molecule has 2 heterocycles. The fourth-order valence-corrected chi connectivity index (χ4v) is 1.91. The van der Waals surface area contributed by atoms with Crippen molar-refractivity contribution in [2.75, 3.05) is 13.2 Å². The Morgan fingerprint density at radius 2 is 2.69 bits per heavy atom. The molecule has 0 bridgehead atoms. The monoisotopic (exact) mass is 200 g/mol. The van der Waals surface area contributed by atoms with Crippen LogP contribution in [0.5, 0.6) is 0 Å². The van der Waals surface area contributed by atoms with E-state index in [0.717, 1.165) is 10.7 Å². The van der Waals surface area contributed by atoms with Crippen LogP contribution in [0.25, 0.3) is 0 Å². The van der Waals surface area contributed by atoms with E-state index in [-0.39, 0.29) is 6.10 Å². The number of hydrogen-bond acceptors (Lipinski definition) is 5. The highest BCUT2D eigenvalue weighted by Crippen LogP contribution is 2.13. The Bertz CT molecular complexity index is 289. The topological polar surface area (TPSA) is 45.6 Å². The maximum atomic E-state index is 9.20. The van der Waals surface area contributed by atoms with Gasteiger partial charge in [-0.2, -0.15) is 5.06 Å². The molecule has 1 N–H and O–H groups in total. The second-order valence-corrected chi connectivity index (χ2v) is 4.19. The number of thiazole rings is 1. The Kier molecular flexibility index (Phi) is 2.59. The molecule has 1 aliphatic heterocycles. The van der Waals surface area contributed by atoms with Crippen molar-refractivity contribution in [2.45, 2.75) is 19.6 Å². The quantitative estimate of drug-likeness (QED) is 0.757. The number of nitrogens with zero attached hydrogens (tertiary/aromatic N) is 2. The number of rotatable bonds is 2. The maximum Gasteiger partial charge on any atom is 0.0958 e. The van der Waals surface area contributed by atoms with Gasteiger partial charge in [0.2, 0.25) is 0 Å². The summed E-state index contributed by atoms with van der Waals surface area (Å²) in [6.07, 6.45) is -0.347. The first-order valence-corrected chi connectivity index (χ1v) is 5.09. The van der Waals surface area contributed by atoms with Crippen molar-refractivity contribution in [3.8, 4) is 0 Å². The largest absolute Gasteiger partial charge is 0.389 e. The van der Waals surface area contributed by atoms with E-state index in [1.807, 2.05) is 12.3 Å². The Labute approximate surface area is 80.7 Å². The molecule has 1 fully saturated rings. The second kappa shape index (κ2) is 3.71. The predicted octanol–water partition coefficient (Wildman–Crippen LogP) is 0.560. The third kappa shape index (κ3) is 2.25. The number of hydrogen-bond donors (Lipinski definition) is 1. The number of aryl methyl sites for hydroxylation is 1. The van der Waals surface area contributed by atoms with Crippen LogP contribution in [0, 0.1) is 6.92 Å². The number of aromatic nitrogens is 1. The van der Waals surface area contributed by atoms with Crippen LogP contribution >= 0.6 is 11.3 Å². The van der Waals surface area contributed by atoms with Crippen LogP contribution in [-0.4, -0.2) is 34.4 Å². The minimum atomic E-state index is -0.347. The van der Waals surface area contributed by atoms with Crippen LogP contribution in [0.3, 0.4) is 0 Å². The van der Waals surface area contributed by atoms with E-state index in [4.69, 9.17) is 4.84 Å². The minimum absolute atomic E-state index is 0.347. The molecule has 1 aliphatic rings. The summed E-state index contributed by atoms with van der Waals surface area (Å²) >= 11 is 1.63. The van der Waals surface area contributed by atoms with Crippen LogP contribution in [-0.2, 0) is 11.4 Å². The normalized spacial score (nSPS) is 24.0. The summed E-state index contributed by atoms with van der Waals surface area (Å²) in [5.41, 5.74) is 1.01. The molecular weight excluding hydrogens is 188 g/mol. The Morgan fingerprint density at radius 1 is 1.85 bits per heavy atom. The van der Waals surface area contributed by atoms with Crippen molar-refractivity contribution < 1.29 is 9.94 Å². The van der Waals surface area contributed by atoms with Gasteiger partial charge in [-0.25, -0.2) is 4.98 Å². The van der Waals surface area contributed by atoms with E-state index in [0.29, 0.717) is 19.7 Å². The van der Waals surface area contributed by atoms with Gasteiger partial charge in [-0.05, 0) is 6.92 Å². The fraction of sp³-hybridized carbons (Fsp3) is 0.625. The lowest BCUT2D eigenvalue weighted by Gasteiger charge is -2.10. The van der Waals surface area contributed by atoms with Crippen molar-refractivity contribution in [1.82, 2.24) is 10.0 Å². The van der Waals surface area contributed by atoms with Crippen molar-refractivity contribution in [1.29, 1.82) is 0 Å². The van der Waals surface area contributed by atoms with Gasteiger partial charge >= 0.3 is 0 Å². The van der Waals surface area contributed by atoms with Crippen LogP contribution in [0.1, 0.15) is 10.7 Å². The smallest absolute Gasteiger partial charge is 0.0958 e. The number of hydroxylamine groups is 2. The Balaban J connectivity index is 1.91. The molecule has 72 valence electrons. The lowest BCUT2D eigenvalue weighted by Crippen LogP contribution is -2.20. The molecule has 4 nitrogen and oxygen atoms in total. The van der Waals surface area contributed by atoms with E-state index in [2.05, 4.69) is 4.98 Å². The molecule has 0 radical (unpaired) electrons. The molecular formula is C8H12N2O2S. The number of β-amino-alcohol motifs (C(OH)–C–C–N with tert-alkyl or cyclic N) is 1. The zero-order chi connectivity index (χ0) is 9.26. The molecule has 0 aromatic carbocycles. The van der Waals surface area contributed by atoms with Gasteiger partial charge in [-0.3, -0.25) is 4.84 Å². The highest BCUT2D eigenvalue weighted by Gasteiger charge is 2.21. The van der Waals surface area contributed by atoms with Gasteiger partial charge in [-0.1, -0.05) is 0 Å². The molecule has 1 atom stereocenters. The van der Waals surface area contributed by atoms with Crippen LogP contribution in [0.2, 0.25) is 0 Å². The van der Waals surface area contributed by atoms with Gasteiger partial charge in [0.15, 0.2) is 0 Å². The van der Waals surface area contributed by atoms with Crippen molar-refractivity contribution in [2.24, 2.45) is 0 Å².